The minimum atomic E-state index is -0.495. The molecule has 0 radical (unpaired) electrons. The summed E-state index contributed by atoms with van der Waals surface area (Å²) in [6, 6.07) is 0. The van der Waals surface area contributed by atoms with Gasteiger partial charge in [-0.3, -0.25) is 4.79 Å². The summed E-state index contributed by atoms with van der Waals surface area (Å²) in [4.78, 5) is 12.4. The van der Waals surface area contributed by atoms with Crippen LogP contribution in [-0.2, 0) is 4.79 Å². The average molecular weight is 342 g/mol. The Hall–Kier alpha value is -0.570. The SMILES string of the molecule is CCCCC1CC(CCCC)(C(=O)O)C1(CCCC)CCCC.N. The fourth-order valence-electron chi connectivity index (χ4n) is 5.14. The molecule has 1 saturated carbocycles. The van der Waals surface area contributed by atoms with Gasteiger partial charge in [-0.2, -0.15) is 0 Å². The molecule has 144 valence electrons. The van der Waals surface area contributed by atoms with Crippen LogP contribution in [0, 0.1) is 16.7 Å². The summed E-state index contributed by atoms with van der Waals surface area (Å²) >= 11 is 0. The third-order valence-electron chi connectivity index (χ3n) is 6.55. The van der Waals surface area contributed by atoms with E-state index in [0.717, 1.165) is 38.5 Å². The van der Waals surface area contributed by atoms with Gasteiger partial charge < -0.3 is 11.3 Å². The van der Waals surface area contributed by atoms with Crippen LogP contribution in [0.5, 0.6) is 0 Å². The second kappa shape index (κ2) is 11.1. The summed E-state index contributed by atoms with van der Waals surface area (Å²) in [7, 11) is 0. The molecule has 0 spiro atoms. The topological polar surface area (TPSA) is 72.3 Å². The van der Waals surface area contributed by atoms with Crippen LogP contribution < -0.4 is 6.15 Å². The largest absolute Gasteiger partial charge is 0.481 e. The first kappa shape index (κ1) is 23.4. The molecule has 0 aliphatic heterocycles. The molecule has 2 atom stereocenters. The standard InChI is InChI=1S/C21H40O2.H3N/c1-5-9-13-18-17-21(19(22)23,16-12-8-4)20(18,14-10-6-2)15-11-7-3;/h18H,5-17H2,1-4H3,(H,22,23);1H3. The van der Waals surface area contributed by atoms with Gasteiger partial charge in [0.2, 0.25) is 0 Å². The molecule has 0 amide bonds. The van der Waals surface area contributed by atoms with Crippen molar-refractivity contribution in [3.8, 4) is 0 Å². The lowest BCUT2D eigenvalue weighted by Crippen LogP contribution is -2.62. The summed E-state index contributed by atoms with van der Waals surface area (Å²) in [6.45, 7) is 8.91. The van der Waals surface area contributed by atoms with Crippen molar-refractivity contribution in [1.82, 2.24) is 6.15 Å². The number of carboxylic acids is 1. The van der Waals surface area contributed by atoms with E-state index >= 15 is 0 Å². The summed E-state index contributed by atoms with van der Waals surface area (Å²) < 4.78 is 0. The van der Waals surface area contributed by atoms with Gasteiger partial charge in [0, 0.05) is 0 Å². The van der Waals surface area contributed by atoms with Crippen molar-refractivity contribution in [3.63, 3.8) is 0 Å². The molecular weight excluding hydrogens is 298 g/mol. The van der Waals surface area contributed by atoms with Crippen molar-refractivity contribution in [2.24, 2.45) is 16.7 Å². The summed E-state index contributed by atoms with van der Waals surface area (Å²) in [5, 5.41) is 10.2. The molecule has 1 aliphatic rings. The number of hydrogen-bond acceptors (Lipinski definition) is 2. The molecule has 0 aromatic heterocycles. The summed E-state index contributed by atoms with van der Waals surface area (Å²) in [5.74, 6) is 0.152. The maximum atomic E-state index is 12.4. The highest BCUT2D eigenvalue weighted by atomic mass is 16.4. The highest BCUT2D eigenvalue weighted by molar-refractivity contribution is 5.77. The molecule has 1 fully saturated rings. The maximum Gasteiger partial charge on any atom is 0.310 e. The number of aliphatic carboxylic acids is 1. The molecule has 0 heterocycles. The van der Waals surface area contributed by atoms with E-state index in [1.165, 1.54) is 44.9 Å². The van der Waals surface area contributed by atoms with E-state index in [-0.39, 0.29) is 11.6 Å². The van der Waals surface area contributed by atoms with E-state index in [2.05, 4.69) is 27.7 Å². The molecular formula is C21H43NO2. The molecule has 0 aromatic rings. The quantitative estimate of drug-likeness (QED) is 0.379. The van der Waals surface area contributed by atoms with Gasteiger partial charge in [0.15, 0.2) is 0 Å². The second-order valence-corrected chi connectivity index (χ2v) is 7.90. The molecule has 3 heteroatoms. The third-order valence-corrected chi connectivity index (χ3v) is 6.55. The Morgan fingerprint density at radius 3 is 1.75 bits per heavy atom. The Bertz CT molecular complexity index is 348. The Morgan fingerprint density at radius 1 is 0.875 bits per heavy atom. The van der Waals surface area contributed by atoms with E-state index < -0.39 is 11.4 Å². The Labute approximate surface area is 150 Å². The van der Waals surface area contributed by atoms with Crippen molar-refractivity contribution in [2.75, 3.05) is 0 Å². The zero-order valence-corrected chi connectivity index (χ0v) is 16.8. The lowest BCUT2D eigenvalue weighted by Gasteiger charge is -2.64. The van der Waals surface area contributed by atoms with E-state index in [1.807, 2.05) is 0 Å². The minimum absolute atomic E-state index is 0. The molecule has 0 saturated heterocycles. The van der Waals surface area contributed by atoms with Crippen LogP contribution in [0.3, 0.4) is 0 Å². The van der Waals surface area contributed by atoms with E-state index in [1.54, 1.807) is 0 Å². The zero-order valence-electron chi connectivity index (χ0n) is 16.8. The van der Waals surface area contributed by atoms with Gasteiger partial charge in [-0.25, -0.2) is 0 Å². The van der Waals surface area contributed by atoms with Crippen molar-refractivity contribution in [2.45, 2.75) is 111 Å². The Balaban J connectivity index is 0.00000529. The fourth-order valence-corrected chi connectivity index (χ4v) is 5.14. The van der Waals surface area contributed by atoms with Gasteiger partial charge in [-0.15, -0.1) is 0 Å². The van der Waals surface area contributed by atoms with Crippen molar-refractivity contribution in [3.05, 3.63) is 0 Å². The van der Waals surface area contributed by atoms with Gasteiger partial charge in [0.25, 0.3) is 0 Å². The predicted molar refractivity (Wildman–Crippen MR) is 104 cm³/mol. The van der Waals surface area contributed by atoms with E-state index in [9.17, 15) is 9.90 Å². The molecule has 0 aromatic carbocycles. The fraction of sp³-hybridized carbons (Fsp3) is 0.952. The number of unbranched alkanes of at least 4 members (excludes halogenated alkanes) is 4. The lowest BCUT2D eigenvalue weighted by atomic mass is 9.39. The number of hydrogen-bond donors (Lipinski definition) is 2. The number of carbonyl (C=O) groups is 1. The van der Waals surface area contributed by atoms with Crippen LogP contribution in [0.15, 0.2) is 0 Å². The number of rotatable bonds is 13. The van der Waals surface area contributed by atoms with Gasteiger partial charge in [-0.05, 0) is 43.4 Å². The van der Waals surface area contributed by atoms with E-state index in [4.69, 9.17) is 0 Å². The van der Waals surface area contributed by atoms with Crippen molar-refractivity contribution >= 4 is 5.97 Å². The highest BCUT2D eigenvalue weighted by Gasteiger charge is 2.66. The molecule has 3 nitrogen and oxygen atoms in total. The van der Waals surface area contributed by atoms with Gasteiger partial charge in [0.1, 0.15) is 0 Å². The van der Waals surface area contributed by atoms with Crippen LogP contribution in [-0.4, -0.2) is 11.1 Å². The Kier molecular flexibility index (Phi) is 10.9. The first-order chi connectivity index (χ1) is 11.0. The summed E-state index contributed by atoms with van der Waals surface area (Å²) in [5.41, 5.74) is -0.346. The molecule has 24 heavy (non-hydrogen) atoms. The highest BCUT2D eigenvalue weighted by Crippen LogP contribution is 2.69. The molecule has 4 N–H and O–H groups in total. The molecule has 0 bridgehead atoms. The van der Waals surface area contributed by atoms with E-state index in [0.29, 0.717) is 5.92 Å². The van der Waals surface area contributed by atoms with Crippen molar-refractivity contribution in [1.29, 1.82) is 0 Å². The monoisotopic (exact) mass is 341 g/mol. The van der Waals surface area contributed by atoms with Crippen LogP contribution >= 0.6 is 0 Å². The third kappa shape index (κ3) is 4.53. The first-order valence-corrected chi connectivity index (χ1v) is 10.3. The Morgan fingerprint density at radius 2 is 1.33 bits per heavy atom. The lowest BCUT2D eigenvalue weighted by molar-refractivity contribution is -0.203. The van der Waals surface area contributed by atoms with Gasteiger partial charge in [0.05, 0.1) is 5.41 Å². The number of carboxylic acid groups (broad SMARTS) is 1. The minimum Gasteiger partial charge on any atom is -0.481 e. The van der Waals surface area contributed by atoms with Gasteiger partial charge >= 0.3 is 5.97 Å². The van der Waals surface area contributed by atoms with Gasteiger partial charge in [-0.1, -0.05) is 79.1 Å². The smallest absolute Gasteiger partial charge is 0.310 e. The molecule has 1 aliphatic carbocycles. The average Bonchev–Trinajstić information content (AvgIpc) is 2.53. The molecule has 2 unspecified atom stereocenters. The van der Waals surface area contributed by atoms with Crippen LogP contribution in [0.4, 0.5) is 0 Å². The summed E-state index contributed by atoms with van der Waals surface area (Å²) in [6.07, 6.45) is 14.7. The normalized spacial score (nSPS) is 24.9. The first-order valence-electron chi connectivity index (χ1n) is 10.3. The predicted octanol–water partition coefficient (Wildman–Crippen LogP) is 6.99. The second-order valence-electron chi connectivity index (χ2n) is 7.90. The zero-order chi connectivity index (χ0) is 17.3. The van der Waals surface area contributed by atoms with Crippen LogP contribution in [0.1, 0.15) is 111 Å². The maximum absolute atomic E-state index is 12.4. The van der Waals surface area contributed by atoms with Crippen molar-refractivity contribution < 1.29 is 9.90 Å². The van der Waals surface area contributed by atoms with Crippen LogP contribution in [0.25, 0.3) is 0 Å². The molecule has 1 rings (SSSR count). The van der Waals surface area contributed by atoms with Crippen LogP contribution in [0.2, 0.25) is 0 Å².